The third-order valence-corrected chi connectivity index (χ3v) is 3.30. The molecule has 4 nitrogen and oxygen atoms in total. The lowest BCUT2D eigenvalue weighted by Crippen LogP contribution is -2.23. The van der Waals surface area contributed by atoms with Crippen LogP contribution in [-0.4, -0.2) is 16.1 Å². The number of unbranched alkanes of at least 4 members (excludes halogenated alkanes) is 1. The summed E-state index contributed by atoms with van der Waals surface area (Å²) in [4.78, 5) is 15.7. The molecular formula is C14H25N3O. The Kier molecular flexibility index (Phi) is 5.89. The van der Waals surface area contributed by atoms with Crippen LogP contribution in [0.15, 0.2) is 11.0 Å². The summed E-state index contributed by atoms with van der Waals surface area (Å²) in [6.45, 7) is 7.21. The smallest absolute Gasteiger partial charge is 0.349 e. The highest BCUT2D eigenvalue weighted by Crippen LogP contribution is 2.29. The van der Waals surface area contributed by atoms with Gasteiger partial charge in [-0.25, -0.2) is 4.79 Å². The van der Waals surface area contributed by atoms with E-state index in [-0.39, 0.29) is 5.69 Å². The van der Waals surface area contributed by atoms with Crippen LogP contribution in [-0.2, 0) is 7.05 Å². The molecule has 0 saturated heterocycles. The van der Waals surface area contributed by atoms with Crippen LogP contribution in [0.25, 0.3) is 0 Å². The van der Waals surface area contributed by atoms with Crippen LogP contribution >= 0.6 is 0 Å². The van der Waals surface area contributed by atoms with Crippen LogP contribution in [0.3, 0.4) is 0 Å². The average Bonchev–Trinajstić information content (AvgIpc) is 2.36. The Morgan fingerprint density at radius 2 is 2.11 bits per heavy atom. The van der Waals surface area contributed by atoms with E-state index in [2.05, 4.69) is 24.1 Å². The van der Waals surface area contributed by atoms with Crippen molar-refractivity contribution in [3.8, 4) is 0 Å². The Bertz CT molecular complexity index is 426. The molecule has 0 amide bonds. The molecule has 0 aliphatic heterocycles. The van der Waals surface area contributed by atoms with Gasteiger partial charge in [0.15, 0.2) is 0 Å². The maximum atomic E-state index is 11.6. The molecule has 1 rings (SSSR count). The van der Waals surface area contributed by atoms with Gasteiger partial charge in [0.25, 0.3) is 0 Å². The topological polar surface area (TPSA) is 46.9 Å². The fraction of sp³-hybridized carbons (Fsp3) is 0.714. The summed E-state index contributed by atoms with van der Waals surface area (Å²) in [7, 11) is 1.76. The third-order valence-electron chi connectivity index (χ3n) is 3.30. The van der Waals surface area contributed by atoms with Crippen LogP contribution in [0.5, 0.6) is 0 Å². The molecule has 18 heavy (non-hydrogen) atoms. The molecule has 0 aliphatic carbocycles. The molecule has 1 unspecified atom stereocenters. The van der Waals surface area contributed by atoms with Crippen molar-refractivity contribution in [1.82, 2.24) is 9.55 Å². The van der Waals surface area contributed by atoms with Gasteiger partial charge in [-0.05, 0) is 25.7 Å². The van der Waals surface area contributed by atoms with Crippen molar-refractivity contribution in [3.05, 3.63) is 22.2 Å². The molecule has 0 fully saturated rings. The largest absolute Gasteiger partial charge is 0.370 e. The van der Waals surface area contributed by atoms with Crippen molar-refractivity contribution in [3.63, 3.8) is 0 Å². The number of aryl methyl sites for hydroxylation is 1. The Labute approximate surface area is 109 Å². The second kappa shape index (κ2) is 7.19. The first-order chi connectivity index (χ1) is 8.63. The van der Waals surface area contributed by atoms with Gasteiger partial charge in [-0.3, -0.25) is 0 Å². The van der Waals surface area contributed by atoms with Gasteiger partial charge in [-0.2, -0.15) is 4.98 Å². The lowest BCUT2D eigenvalue weighted by molar-refractivity contribution is 0.562. The van der Waals surface area contributed by atoms with Crippen molar-refractivity contribution in [2.75, 3.05) is 11.9 Å². The highest BCUT2D eigenvalue weighted by atomic mass is 16.1. The summed E-state index contributed by atoms with van der Waals surface area (Å²) >= 11 is 0. The minimum atomic E-state index is -0.194. The predicted octanol–water partition coefficient (Wildman–Crippen LogP) is 2.90. The first kappa shape index (κ1) is 14.7. The molecule has 0 bridgehead atoms. The second-order valence-corrected chi connectivity index (χ2v) is 4.72. The first-order valence-corrected chi connectivity index (χ1v) is 6.95. The van der Waals surface area contributed by atoms with Crippen molar-refractivity contribution in [1.29, 1.82) is 0 Å². The maximum absolute atomic E-state index is 11.6. The van der Waals surface area contributed by atoms with E-state index in [0.717, 1.165) is 25.2 Å². The van der Waals surface area contributed by atoms with Gasteiger partial charge >= 0.3 is 5.69 Å². The quantitative estimate of drug-likeness (QED) is 0.810. The molecule has 0 spiro atoms. The zero-order valence-corrected chi connectivity index (χ0v) is 12.0. The third kappa shape index (κ3) is 3.59. The summed E-state index contributed by atoms with van der Waals surface area (Å²) in [6.07, 6.45) is 6.60. The normalized spacial score (nSPS) is 12.4. The molecule has 1 aromatic heterocycles. The number of nitrogens with one attached hydrogen (secondary N) is 1. The minimum absolute atomic E-state index is 0.194. The molecule has 1 atom stereocenters. The van der Waals surface area contributed by atoms with E-state index in [9.17, 15) is 4.79 Å². The van der Waals surface area contributed by atoms with Crippen LogP contribution in [0.2, 0.25) is 0 Å². The van der Waals surface area contributed by atoms with Gasteiger partial charge in [0.05, 0.1) is 0 Å². The fourth-order valence-electron chi connectivity index (χ4n) is 2.20. The van der Waals surface area contributed by atoms with Crippen LogP contribution < -0.4 is 11.0 Å². The SMILES string of the molecule is CCCCC(CC)c1cn(C)c(=O)nc1NCC. The molecule has 0 saturated carbocycles. The van der Waals surface area contributed by atoms with E-state index in [4.69, 9.17) is 0 Å². The summed E-state index contributed by atoms with van der Waals surface area (Å²) in [5, 5.41) is 3.21. The molecule has 1 N–H and O–H groups in total. The molecule has 1 aromatic rings. The fourth-order valence-corrected chi connectivity index (χ4v) is 2.20. The summed E-state index contributed by atoms with van der Waals surface area (Å²) in [5.41, 5.74) is 0.981. The highest BCUT2D eigenvalue weighted by molar-refractivity contribution is 5.44. The van der Waals surface area contributed by atoms with Crippen LogP contribution in [0.4, 0.5) is 5.82 Å². The monoisotopic (exact) mass is 251 g/mol. The molecule has 1 heterocycles. The Morgan fingerprint density at radius 1 is 1.39 bits per heavy atom. The first-order valence-electron chi connectivity index (χ1n) is 6.95. The molecule has 102 valence electrons. The van der Waals surface area contributed by atoms with E-state index in [0.29, 0.717) is 5.92 Å². The summed E-state index contributed by atoms with van der Waals surface area (Å²) in [6, 6.07) is 0. The second-order valence-electron chi connectivity index (χ2n) is 4.72. The van der Waals surface area contributed by atoms with Crippen LogP contribution in [0, 0.1) is 0 Å². The average molecular weight is 251 g/mol. The lowest BCUT2D eigenvalue weighted by atomic mass is 9.92. The van der Waals surface area contributed by atoms with Gasteiger partial charge in [0.1, 0.15) is 5.82 Å². The predicted molar refractivity (Wildman–Crippen MR) is 76.2 cm³/mol. The molecular weight excluding hydrogens is 226 g/mol. The Morgan fingerprint density at radius 3 is 2.67 bits per heavy atom. The summed E-state index contributed by atoms with van der Waals surface area (Å²) < 4.78 is 1.57. The highest BCUT2D eigenvalue weighted by Gasteiger charge is 2.15. The van der Waals surface area contributed by atoms with Gasteiger partial charge in [0, 0.05) is 25.4 Å². The standard InChI is InChI=1S/C14H25N3O/c1-5-8-9-11(6-2)12-10-17(4)14(18)16-13(12)15-7-3/h10-11H,5-9H2,1-4H3,(H,15,16,18). The zero-order chi connectivity index (χ0) is 13.5. The number of nitrogens with zero attached hydrogens (tertiary/aromatic N) is 2. The molecule has 0 aromatic carbocycles. The van der Waals surface area contributed by atoms with Crippen molar-refractivity contribution in [2.24, 2.45) is 7.05 Å². The number of hydrogen-bond donors (Lipinski definition) is 1. The zero-order valence-electron chi connectivity index (χ0n) is 12.0. The maximum Gasteiger partial charge on any atom is 0.349 e. The minimum Gasteiger partial charge on any atom is -0.370 e. The van der Waals surface area contributed by atoms with E-state index in [1.165, 1.54) is 18.4 Å². The van der Waals surface area contributed by atoms with Gasteiger partial charge in [0.2, 0.25) is 0 Å². The van der Waals surface area contributed by atoms with Gasteiger partial charge in [-0.15, -0.1) is 0 Å². The number of hydrogen-bond acceptors (Lipinski definition) is 3. The van der Waals surface area contributed by atoms with Crippen molar-refractivity contribution in [2.45, 2.75) is 52.4 Å². The van der Waals surface area contributed by atoms with Crippen molar-refractivity contribution >= 4 is 5.82 Å². The molecule has 0 aliphatic rings. The van der Waals surface area contributed by atoms with E-state index < -0.39 is 0 Å². The Balaban J connectivity index is 3.09. The van der Waals surface area contributed by atoms with Gasteiger partial charge < -0.3 is 9.88 Å². The van der Waals surface area contributed by atoms with Gasteiger partial charge in [-0.1, -0.05) is 26.7 Å². The Hall–Kier alpha value is -1.32. The number of anilines is 1. The lowest BCUT2D eigenvalue weighted by Gasteiger charge is -2.19. The summed E-state index contributed by atoms with van der Waals surface area (Å²) in [5.74, 6) is 1.25. The van der Waals surface area contributed by atoms with Crippen LogP contribution in [0.1, 0.15) is 57.9 Å². The number of aromatic nitrogens is 2. The number of rotatable bonds is 7. The van der Waals surface area contributed by atoms with E-state index in [1.54, 1.807) is 11.6 Å². The van der Waals surface area contributed by atoms with Crippen molar-refractivity contribution < 1.29 is 0 Å². The molecule has 4 heteroatoms. The van der Waals surface area contributed by atoms with E-state index >= 15 is 0 Å². The van der Waals surface area contributed by atoms with E-state index in [1.807, 2.05) is 13.1 Å². The molecule has 0 radical (unpaired) electrons.